The maximum Gasteiger partial charge on any atom is 0.349 e. The molecule has 0 saturated carbocycles. The highest BCUT2D eigenvalue weighted by atomic mass is 32.1. The molecular formula is C17H16N2O5S. The molecule has 0 saturated heterocycles. The van der Waals surface area contributed by atoms with Crippen LogP contribution in [0.2, 0.25) is 0 Å². The van der Waals surface area contributed by atoms with Crippen LogP contribution in [0.3, 0.4) is 0 Å². The Morgan fingerprint density at radius 2 is 1.96 bits per heavy atom. The Balaban J connectivity index is 1.63. The normalized spacial score (nSPS) is 14.5. The van der Waals surface area contributed by atoms with Gasteiger partial charge in [0.05, 0.1) is 4.92 Å². The van der Waals surface area contributed by atoms with Crippen LogP contribution in [0.25, 0.3) is 0 Å². The Morgan fingerprint density at radius 1 is 1.24 bits per heavy atom. The van der Waals surface area contributed by atoms with Crippen molar-refractivity contribution < 1.29 is 19.2 Å². The van der Waals surface area contributed by atoms with Crippen molar-refractivity contribution in [1.29, 1.82) is 0 Å². The van der Waals surface area contributed by atoms with Crippen molar-refractivity contribution >= 4 is 28.2 Å². The summed E-state index contributed by atoms with van der Waals surface area (Å²) >= 11 is 0.731. The molecule has 1 aromatic heterocycles. The van der Waals surface area contributed by atoms with Crippen molar-refractivity contribution in [2.24, 2.45) is 0 Å². The van der Waals surface area contributed by atoms with E-state index in [1.807, 2.05) is 24.3 Å². The molecule has 1 atom stereocenters. The molecule has 25 heavy (non-hydrogen) atoms. The number of ether oxygens (including phenoxy) is 1. The minimum Gasteiger partial charge on any atom is -0.448 e. The number of carbonyl (C=O) groups is 2. The number of amides is 1. The topological polar surface area (TPSA) is 89.7 Å². The molecule has 1 aromatic carbocycles. The first-order chi connectivity index (χ1) is 12.0. The van der Waals surface area contributed by atoms with Gasteiger partial charge >= 0.3 is 11.0 Å². The highest BCUT2D eigenvalue weighted by molar-refractivity contribution is 7.17. The van der Waals surface area contributed by atoms with E-state index in [9.17, 15) is 19.7 Å². The third-order valence-electron chi connectivity index (χ3n) is 4.05. The summed E-state index contributed by atoms with van der Waals surface area (Å²) in [6.45, 7) is 2.58. The summed E-state index contributed by atoms with van der Waals surface area (Å²) in [5.41, 5.74) is 2.32. The Kier molecular flexibility index (Phi) is 4.80. The van der Waals surface area contributed by atoms with E-state index in [-0.39, 0.29) is 15.8 Å². The van der Waals surface area contributed by atoms with Crippen molar-refractivity contribution in [2.45, 2.75) is 26.0 Å². The first-order valence-corrected chi connectivity index (χ1v) is 8.58. The number of nitrogens with zero attached hydrogens (tertiary/aromatic N) is 2. The molecule has 0 N–H and O–H groups in total. The predicted octanol–water partition coefficient (Wildman–Crippen LogP) is 2.79. The fraction of sp³-hybridized carbons (Fsp3) is 0.294. The number of rotatable bonds is 4. The van der Waals surface area contributed by atoms with E-state index in [0.29, 0.717) is 13.1 Å². The zero-order chi connectivity index (χ0) is 18.0. The van der Waals surface area contributed by atoms with Crippen LogP contribution in [0.4, 0.5) is 5.00 Å². The molecule has 1 aliphatic rings. The van der Waals surface area contributed by atoms with Crippen molar-refractivity contribution in [3.05, 3.63) is 62.5 Å². The Hall–Kier alpha value is -2.74. The van der Waals surface area contributed by atoms with Gasteiger partial charge in [0.15, 0.2) is 6.10 Å². The standard InChI is InChI=1S/C17H16N2O5S/c1-11(24-17(21)14-6-7-15(25-14)19(22)23)16(20)18-9-8-12-4-2-3-5-13(12)10-18/h2-7,11H,8-10H2,1H3/t11-/m1/s1. The summed E-state index contributed by atoms with van der Waals surface area (Å²) in [5, 5.41) is 10.5. The summed E-state index contributed by atoms with van der Waals surface area (Å²) < 4.78 is 5.19. The second-order valence-electron chi connectivity index (χ2n) is 5.72. The molecule has 0 aliphatic carbocycles. The van der Waals surface area contributed by atoms with Crippen LogP contribution < -0.4 is 0 Å². The van der Waals surface area contributed by atoms with Crippen LogP contribution >= 0.6 is 11.3 Å². The zero-order valence-electron chi connectivity index (χ0n) is 13.5. The van der Waals surface area contributed by atoms with E-state index in [4.69, 9.17) is 4.74 Å². The van der Waals surface area contributed by atoms with Gasteiger partial charge in [0.1, 0.15) is 4.88 Å². The van der Waals surface area contributed by atoms with E-state index in [2.05, 4.69) is 0 Å². The van der Waals surface area contributed by atoms with E-state index < -0.39 is 17.0 Å². The van der Waals surface area contributed by atoms with Gasteiger partial charge in [-0.1, -0.05) is 35.6 Å². The first kappa shape index (κ1) is 17.1. The van der Waals surface area contributed by atoms with Gasteiger partial charge in [-0.2, -0.15) is 0 Å². The van der Waals surface area contributed by atoms with Crippen LogP contribution in [0.15, 0.2) is 36.4 Å². The van der Waals surface area contributed by atoms with Crippen molar-refractivity contribution in [1.82, 2.24) is 4.90 Å². The molecule has 0 radical (unpaired) electrons. The van der Waals surface area contributed by atoms with Gasteiger partial charge in [0, 0.05) is 19.2 Å². The largest absolute Gasteiger partial charge is 0.448 e. The van der Waals surface area contributed by atoms with Gasteiger partial charge in [-0.15, -0.1) is 0 Å². The lowest BCUT2D eigenvalue weighted by atomic mass is 9.99. The maximum absolute atomic E-state index is 12.5. The number of hydrogen-bond acceptors (Lipinski definition) is 6. The minimum absolute atomic E-state index is 0.107. The molecule has 8 heteroatoms. The van der Waals surface area contributed by atoms with Crippen molar-refractivity contribution in [2.75, 3.05) is 6.54 Å². The predicted molar refractivity (Wildman–Crippen MR) is 91.4 cm³/mol. The molecule has 130 valence electrons. The van der Waals surface area contributed by atoms with E-state index >= 15 is 0 Å². The molecule has 0 spiro atoms. The molecular weight excluding hydrogens is 344 g/mol. The summed E-state index contributed by atoms with van der Waals surface area (Å²) in [7, 11) is 0. The number of thiophene rings is 1. The fourth-order valence-electron chi connectivity index (χ4n) is 2.75. The average Bonchev–Trinajstić information content (AvgIpc) is 3.11. The van der Waals surface area contributed by atoms with E-state index in [1.54, 1.807) is 4.90 Å². The van der Waals surface area contributed by atoms with E-state index in [0.717, 1.165) is 23.3 Å². The smallest absolute Gasteiger partial charge is 0.349 e. The minimum atomic E-state index is -0.945. The van der Waals surface area contributed by atoms with Gasteiger partial charge in [-0.25, -0.2) is 4.79 Å². The van der Waals surface area contributed by atoms with Gasteiger partial charge in [0.25, 0.3) is 5.91 Å². The second-order valence-corrected chi connectivity index (χ2v) is 6.78. The summed E-state index contributed by atoms with van der Waals surface area (Å²) in [5.74, 6) is -0.995. The third kappa shape index (κ3) is 3.69. The van der Waals surface area contributed by atoms with Crippen LogP contribution in [0, 0.1) is 10.1 Å². The molecule has 3 rings (SSSR count). The monoisotopic (exact) mass is 360 g/mol. The van der Waals surface area contributed by atoms with Crippen LogP contribution in [0.1, 0.15) is 27.7 Å². The third-order valence-corrected chi connectivity index (χ3v) is 5.06. The van der Waals surface area contributed by atoms with Gasteiger partial charge in [-0.05, 0) is 30.5 Å². The summed E-state index contributed by atoms with van der Waals surface area (Å²) in [6.07, 6.45) is -0.182. The Labute approximate surface area is 148 Å². The molecule has 0 fully saturated rings. The molecule has 7 nitrogen and oxygen atoms in total. The molecule has 1 amide bonds. The zero-order valence-corrected chi connectivity index (χ0v) is 14.3. The number of fused-ring (bicyclic) bond motifs is 1. The molecule has 2 heterocycles. The second kappa shape index (κ2) is 7.02. The highest BCUT2D eigenvalue weighted by Crippen LogP contribution is 2.25. The lowest BCUT2D eigenvalue weighted by molar-refractivity contribution is -0.380. The van der Waals surface area contributed by atoms with Crippen LogP contribution in [0.5, 0.6) is 0 Å². The maximum atomic E-state index is 12.5. The number of nitro groups is 1. The molecule has 0 unspecified atom stereocenters. The summed E-state index contributed by atoms with van der Waals surface area (Å²) in [6, 6.07) is 10.5. The molecule has 2 aromatic rings. The first-order valence-electron chi connectivity index (χ1n) is 7.76. The average molecular weight is 360 g/mol. The van der Waals surface area contributed by atoms with Crippen molar-refractivity contribution in [3.63, 3.8) is 0 Å². The highest BCUT2D eigenvalue weighted by Gasteiger charge is 2.28. The Morgan fingerprint density at radius 3 is 2.64 bits per heavy atom. The molecule has 0 bridgehead atoms. The number of hydrogen-bond donors (Lipinski definition) is 0. The lowest BCUT2D eigenvalue weighted by Gasteiger charge is -2.30. The van der Waals surface area contributed by atoms with E-state index in [1.165, 1.54) is 24.6 Å². The molecule has 1 aliphatic heterocycles. The summed E-state index contributed by atoms with van der Waals surface area (Å²) in [4.78, 5) is 36.5. The van der Waals surface area contributed by atoms with Crippen LogP contribution in [-0.4, -0.2) is 34.3 Å². The number of carbonyl (C=O) groups excluding carboxylic acids is 2. The van der Waals surface area contributed by atoms with Crippen molar-refractivity contribution in [3.8, 4) is 0 Å². The van der Waals surface area contributed by atoms with Gasteiger partial charge in [-0.3, -0.25) is 14.9 Å². The van der Waals surface area contributed by atoms with Gasteiger partial charge < -0.3 is 9.64 Å². The Bertz CT molecular complexity index is 832. The fourth-order valence-corrected chi connectivity index (χ4v) is 3.45. The number of esters is 1. The SMILES string of the molecule is C[C@@H](OC(=O)c1ccc([N+](=O)[O-])s1)C(=O)N1CCc2ccccc2C1. The quantitative estimate of drug-likeness (QED) is 0.475. The number of benzene rings is 1. The lowest BCUT2D eigenvalue weighted by Crippen LogP contribution is -2.42. The van der Waals surface area contributed by atoms with Gasteiger partial charge in [0.2, 0.25) is 0 Å². The van der Waals surface area contributed by atoms with Crippen LogP contribution in [-0.2, 0) is 22.5 Å².